The number of nitrogens with one attached hydrogen (secondary N) is 1. The van der Waals surface area contributed by atoms with Crippen LogP contribution in [0.15, 0.2) is 90.1 Å². The zero-order valence-corrected chi connectivity index (χ0v) is 23.2. The quantitative estimate of drug-likeness (QED) is 0.311. The van der Waals surface area contributed by atoms with E-state index in [1.807, 2.05) is 74.8 Å². The van der Waals surface area contributed by atoms with Crippen molar-refractivity contribution in [2.24, 2.45) is 7.05 Å². The maximum atomic E-state index is 14.2. The van der Waals surface area contributed by atoms with E-state index in [0.717, 1.165) is 5.56 Å². The van der Waals surface area contributed by atoms with E-state index in [9.17, 15) is 9.59 Å². The fourth-order valence-corrected chi connectivity index (χ4v) is 5.02. The predicted octanol–water partition coefficient (Wildman–Crippen LogP) is 3.85. The summed E-state index contributed by atoms with van der Waals surface area (Å²) < 4.78 is 10.1. The molecule has 1 atom stereocenters. The van der Waals surface area contributed by atoms with Gasteiger partial charge in [0.25, 0.3) is 11.5 Å². The van der Waals surface area contributed by atoms with Gasteiger partial charge in [-0.1, -0.05) is 42.2 Å². The highest BCUT2D eigenvalue weighted by atomic mass is 16.5. The van der Waals surface area contributed by atoms with Crippen molar-refractivity contribution in [3.05, 3.63) is 118 Å². The SMILES string of the molecule is COc1ccn2nc(N)c(C(=O)N[C@@H](C)c3cc4cccc(C#Cc5cnn(C)c5)c4c(=O)n3-c3ccccc3)c2c1. The van der Waals surface area contributed by atoms with Gasteiger partial charge in [-0.3, -0.25) is 18.8 Å². The Bertz CT molecular complexity index is 2100. The summed E-state index contributed by atoms with van der Waals surface area (Å²) in [7, 11) is 3.37. The minimum Gasteiger partial charge on any atom is -0.497 e. The second-order valence-electron chi connectivity index (χ2n) is 9.82. The largest absolute Gasteiger partial charge is 0.497 e. The first kappa shape index (κ1) is 26.4. The molecule has 6 rings (SSSR count). The van der Waals surface area contributed by atoms with Crippen LogP contribution in [0.1, 0.15) is 40.1 Å². The summed E-state index contributed by atoms with van der Waals surface area (Å²) in [6, 6.07) is 19.6. The zero-order chi connectivity index (χ0) is 29.4. The second-order valence-corrected chi connectivity index (χ2v) is 9.82. The maximum Gasteiger partial charge on any atom is 0.264 e. The molecule has 1 amide bonds. The van der Waals surface area contributed by atoms with E-state index in [1.54, 1.807) is 40.9 Å². The summed E-state index contributed by atoms with van der Waals surface area (Å²) >= 11 is 0. The third-order valence-electron chi connectivity index (χ3n) is 7.02. The van der Waals surface area contributed by atoms with E-state index >= 15 is 0 Å². The number of methoxy groups -OCH3 is 1. The summed E-state index contributed by atoms with van der Waals surface area (Å²) in [5, 5.41) is 12.6. The van der Waals surface area contributed by atoms with E-state index in [0.29, 0.717) is 39.0 Å². The molecule has 0 saturated heterocycles. The molecule has 208 valence electrons. The molecule has 0 saturated carbocycles. The van der Waals surface area contributed by atoms with E-state index in [1.165, 1.54) is 4.52 Å². The highest BCUT2D eigenvalue weighted by molar-refractivity contribution is 6.05. The Hall–Kier alpha value is -5.82. The van der Waals surface area contributed by atoms with Crippen LogP contribution in [-0.2, 0) is 7.05 Å². The van der Waals surface area contributed by atoms with Gasteiger partial charge in [0.05, 0.1) is 35.8 Å². The van der Waals surface area contributed by atoms with E-state index in [2.05, 4.69) is 27.4 Å². The topological polar surface area (TPSA) is 121 Å². The number of aromatic nitrogens is 5. The molecule has 10 nitrogen and oxygen atoms in total. The molecule has 4 heterocycles. The van der Waals surface area contributed by atoms with Crippen molar-refractivity contribution < 1.29 is 9.53 Å². The molecule has 10 heteroatoms. The van der Waals surface area contributed by atoms with Crippen LogP contribution in [0, 0.1) is 11.8 Å². The van der Waals surface area contributed by atoms with Gasteiger partial charge in [-0.2, -0.15) is 5.10 Å². The number of ether oxygens (including phenoxy) is 1. The predicted molar refractivity (Wildman–Crippen MR) is 161 cm³/mol. The van der Waals surface area contributed by atoms with Gasteiger partial charge in [0, 0.05) is 42.5 Å². The number of carbonyl (C=O) groups is 1. The molecule has 6 aromatic rings. The minimum atomic E-state index is -0.583. The molecular weight excluding hydrogens is 530 g/mol. The third kappa shape index (κ3) is 4.73. The van der Waals surface area contributed by atoms with Crippen molar-refractivity contribution in [1.29, 1.82) is 0 Å². The van der Waals surface area contributed by atoms with Crippen LogP contribution in [-0.4, -0.2) is 37.0 Å². The molecule has 4 aromatic heterocycles. The number of pyridine rings is 2. The second kappa shape index (κ2) is 10.6. The molecule has 0 aliphatic carbocycles. The fourth-order valence-electron chi connectivity index (χ4n) is 5.02. The van der Waals surface area contributed by atoms with Crippen molar-refractivity contribution in [1.82, 2.24) is 29.3 Å². The first-order valence-electron chi connectivity index (χ1n) is 13.2. The lowest BCUT2D eigenvalue weighted by atomic mass is 10.0. The Balaban J connectivity index is 1.46. The van der Waals surface area contributed by atoms with Crippen molar-refractivity contribution in [2.75, 3.05) is 12.8 Å². The first-order valence-corrected chi connectivity index (χ1v) is 13.2. The van der Waals surface area contributed by atoms with Gasteiger partial charge in [-0.05, 0) is 42.6 Å². The number of carbonyl (C=O) groups excluding carboxylic acids is 1. The molecule has 42 heavy (non-hydrogen) atoms. The Morgan fingerprint density at radius 3 is 2.62 bits per heavy atom. The van der Waals surface area contributed by atoms with Crippen LogP contribution in [0.2, 0.25) is 0 Å². The van der Waals surface area contributed by atoms with Gasteiger partial charge in [0.15, 0.2) is 5.82 Å². The smallest absolute Gasteiger partial charge is 0.264 e. The number of hydrogen-bond donors (Lipinski definition) is 2. The number of benzene rings is 2. The zero-order valence-electron chi connectivity index (χ0n) is 23.2. The van der Waals surface area contributed by atoms with E-state index in [4.69, 9.17) is 10.5 Å². The van der Waals surface area contributed by atoms with Gasteiger partial charge in [-0.15, -0.1) is 5.10 Å². The summed E-state index contributed by atoms with van der Waals surface area (Å²) in [5.41, 5.74) is 9.25. The number of nitrogens with zero attached hydrogens (tertiary/aromatic N) is 5. The summed E-state index contributed by atoms with van der Waals surface area (Å²) in [5.74, 6) is 6.48. The van der Waals surface area contributed by atoms with E-state index < -0.39 is 11.9 Å². The van der Waals surface area contributed by atoms with Crippen LogP contribution < -0.4 is 21.3 Å². The van der Waals surface area contributed by atoms with Crippen molar-refractivity contribution in [3.63, 3.8) is 0 Å². The van der Waals surface area contributed by atoms with E-state index in [-0.39, 0.29) is 16.9 Å². The standard InChI is InChI=1S/C32H27N7O3/c1-20(35-31(40)29-27-17-25(42-3)14-15-38(27)36-30(29)33)26-16-23-9-7-8-22(13-12-21-18-34-37(2)19-21)28(23)32(41)39(26)24-10-5-4-6-11-24/h4-11,14-20H,1-3H3,(H2,33,36)(H,35,40)/t20-/m0/s1. The Kier molecular flexibility index (Phi) is 6.68. The van der Waals surface area contributed by atoms with Crippen molar-refractivity contribution in [2.45, 2.75) is 13.0 Å². The molecule has 0 radical (unpaired) electrons. The van der Waals surface area contributed by atoms with Gasteiger partial charge >= 0.3 is 0 Å². The summed E-state index contributed by atoms with van der Waals surface area (Å²) in [6.45, 7) is 1.83. The average molecular weight is 558 g/mol. The molecule has 0 unspecified atom stereocenters. The van der Waals surface area contributed by atoms with Crippen molar-refractivity contribution >= 4 is 28.0 Å². The lowest BCUT2D eigenvalue weighted by Crippen LogP contribution is -2.32. The molecule has 0 aliphatic rings. The molecular formula is C32H27N7O3. The van der Waals surface area contributed by atoms with Crippen LogP contribution in [0.3, 0.4) is 0 Å². The maximum absolute atomic E-state index is 14.2. The van der Waals surface area contributed by atoms with Crippen molar-refractivity contribution in [3.8, 4) is 23.3 Å². The number of rotatable bonds is 5. The highest BCUT2D eigenvalue weighted by Gasteiger charge is 2.23. The number of aryl methyl sites for hydroxylation is 1. The minimum absolute atomic E-state index is 0.0868. The lowest BCUT2D eigenvalue weighted by Gasteiger charge is -2.21. The number of para-hydroxylation sites is 1. The first-order chi connectivity index (χ1) is 20.3. The third-order valence-corrected chi connectivity index (χ3v) is 7.02. The monoisotopic (exact) mass is 557 g/mol. The average Bonchev–Trinajstić information content (AvgIpc) is 3.56. The van der Waals surface area contributed by atoms with Crippen LogP contribution in [0.4, 0.5) is 5.82 Å². The molecule has 2 aromatic carbocycles. The molecule has 0 fully saturated rings. The number of hydrogen-bond acceptors (Lipinski definition) is 6. The summed E-state index contributed by atoms with van der Waals surface area (Å²) in [6.07, 6.45) is 5.17. The summed E-state index contributed by atoms with van der Waals surface area (Å²) in [4.78, 5) is 27.8. The molecule has 0 spiro atoms. The highest BCUT2D eigenvalue weighted by Crippen LogP contribution is 2.26. The Labute approximate surface area is 241 Å². The number of nitrogens with two attached hydrogens (primary N) is 1. The molecule has 0 bridgehead atoms. The number of fused-ring (bicyclic) bond motifs is 2. The van der Waals surface area contributed by atoms with Crippen LogP contribution >= 0.6 is 0 Å². The normalized spacial score (nSPS) is 11.7. The van der Waals surface area contributed by atoms with Gasteiger partial charge in [-0.25, -0.2) is 4.52 Å². The lowest BCUT2D eigenvalue weighted by molar-refractivity contribution is 0.0941. The van der Waals surface area contributed by atoms with Crippen LogP contribution in [0.5, 0.6) is 5.75 Å². The Morgan fingerprint density at radius 1 is 1.07 bits per heavy atom. The van der Waals surface area contributed by atoms with Gasteiger partial charge < -0.3 is 15.8 Å². The number of amides is 1. The number of anilines is 1. The Morgan fingerprint density at radius 2 is 1.88 bits per heavy atom. The van der Waals surface area contributed by atoms with Gasteiger partial charge in [0.2, 0.25) is 0 Å². The number of nitrogen functional groups attached to an aromatic ring is 1. The molecule has 0 aliphatic heterocycles. The molecule has 3 N–H and O–H groups in total. The van der Waals surface area contributed by atoms with Gasteiger partial charge in [0.1, 0.15) is 11.3 Å². The van der Waals surface area contributed by atoms with Crippen LogP contribution in [0.25, 0.3) is 22.0 Å². The fraction of sp³-hybridized carbons (Fsp3) is 0.125.